The summed E-state index contributed by atoms with van der Waals surface area (Å²) in [6, 6.07) is 1.96. The van der Waals surface area contributed by atoms with Gasteiger partial charge in [-0.15, -0.1) is 0 Å². The molecule has 1 saturated carbocycles. The summed E-state index contributed by atoms with van der Waals surface area (Å²) in [5.41, 5.74) is -1.09. The first-order valence-corrected chi connectivity index (χ1v) is 6.39. The molecule has 1 fully saturated rings. The number of anilines is 1. The van der Waals surface area contributed by atoms with E-state index >= 15 is 0 Å². The van der Waals surface area contributed by atoms with E-state index in [4.69, 9.17) is 9.84 Å². The minimum atomic E-state index is -0.987. The van der Waals surface area contributed by atoms with Crippen molar-refractivity contribution in [3.63, 3.8) is 0 Å². The van der Waals surface area contributed by atoms with Gasteiger partial charge in [0, 0.05) is 11.6 Å². The normalized spacial score (nSPS) is 15.9. The molecule has 0 saturated heterocycles. The van der Waals surface area contributed by atoms with Gasteiger partial charge < -0.3 is 15.2 Å². The highest BCUT2D eigenvalue weighted by atomic mass is 19.1. The number of hydrogen-bond acceptors (Lipinski definition) is 5. The highest BCUT2D eigenvalue weighted by Gasteiger charge is 2.40. The summed E-state index contributed by atoms with van der Waals surface area (Å²) in [6.45, 7) is 0. The second kappa shape index (κ2) is 5.55. The van der Waals surface area contributed by atoms with Gasteiger partial charge in [-0.3, -0.25) is 14.9 Å². The number of nitrogens with zero attached hydrogens (tertiary/aromatic N) is 1. The Morgan fingerprint density at radius 2 is 2.24 bits per heavy atom. The molecule has 0 aliphatic heterocycles. The molecule has 1 aliphatic carbocycles. The van der Waals surface area contributed by atoms with Crippen molar-refractivity contribution in [1.29, 1.82) is 0 Å². The van der Waals surface area contributed by atoms with Crippen LogP contribution in [0, 0.1) is 15.9 Å². The maximum atomic E-state index is 13.6. The Kier molecular flexibility index (Phi) is 3.97. The van der Waals surface area contributed by atoms with Gasteiger partial charge in [0.2, 0.25) is 0 Å². The Labute approximate surface area is 119 Å². The fourth-order valence-electron chi connectivity index (χ4n) is 2.48. The summed E-state index contributed by atoms with van der Waals surface area (Å²) in [5, 5.41) is 22.9. The molecule has 0 atom stereocenters. The van der Waals surface area contributed by atoms with E-state index in [2.05, 4.69) is 5.32 Å². The molecule has 0 bridgehead atoms. The average Bonchev–Trinajstić information content (AvgIpc) is 2.36. The van der Waals surface area contributed by atoms with Crippen LogP contribution in [0.3, 0.4) is 0 Å². The molecule has 0 spiro atoms. The minimum Gasteiger partial charge on any atom is -0.494 e. The zero-order chi connectivity index (χ0) is 15.6. The molecule has 1 aromatic rings. The number of hydrogen-bond donors (Lipinski definition) is 2. The van der Waals surface area contributed by atoms with Crippen molar-refractivity contribution in [3.05, 3.63) is 28.1 Å². The predicted octanol–water partition coefficient (Wildman–Crippen LogP) is 2.55. The minimum absolute atomic E-state index is 0.0687. The third kappa shape index (κ3) is 3.04. The monoisotopic (exact) mass is 298 g/mol. The van der Waals surface area contributed by atoms with E-state index in [0.717, 1.165) is 12.5 Å². The van der Waals surface area contributed by atoms with Crippen LogP contribution in [0.25, 0.3) is 0 Å². The fraction of sp³-hybridized carbons (Fsp3) is 0.462. The summed E-state index contributed by atoms with van der Waals surface area (Å²) in [6.07, 6.45) is 1.88. The fourth-order valence-corrected chi connectivity index (χ4v) is 2.48. The Balaban J connectivity index is 2.37. The second-order valence-electron chi connectivity index (χ2n) is 5.09. The van der Waals surface area contributed by atoms with Crippen LogP contribution in [0.15, 0.2) is 12.1 Å². The molecule has 1 aliphatic rings. The van der Waals surface area contributed by atoms with Crippen molar-refractivity contribution >= 4 is 17.3 Å². The van der Waals surface area contributed by atoms with Crippen molar-refractivity contribution < 1.29 is 24.0 Å². The predicted molar refractivity (Wildman–Crippen MR) is 72.1 cm³/mol. The average molecular weight is 298 g/mol. The lowest BCUT2D eigenvalue weighted by atomic mass is 9.74. The number of carboxylic acids is 1. The van der Waals surface area contributed by atoms with Gasteiger partial charge in [0.1, 0.15) is 5.69 Å². The van der Waals surface area contributed by atoms with Gasteiger partial charge in [-0.25, -0.2) is 4.39 Å². The van der Waals surface area contributed by atoms with Crippen LogP contribution in [-0.2, 0) is 4.79 Å². The lowest BCUT2D eigenvalue weighted by molar-refractivity contribution is -0.384. The first-order valence-electron chi connectivity index (χ1n) is 6.39. The molecule has 7 nitrogen and oxygen atoms in total. The van der Waals surface area contributed by atoms with E-state index in [9.17, 15) is 19.3 Å². The molecule has 0 heterocycles. The lowest BCUT2D eigenvalue weighted by Gasteiger charge is -2.42. The van der Waals surface area contributed by atoms with Crippen molar-refractivity contribution in [2.24, 2.45) is 0 Å². The van der Waals surface area contributed by atoms with E-state index < -0.39 is 27.9 Å². The molecule has 1 aromatic carbocycles. The summed E-state index contributed by atoms with van der Waals surface area (Å²) in [7, 11) is 1.25. The van der Waals surface area contributed by atoms with Crippen molar-refractivity contribution in [1.82, 2.24) is 0 Å². The second-order valence-corrected chi connectivity index (χ2v) is 5.09. The summed E-state index contributed by atoms with van der Waals surface area (Å²) in [4.78, 5) is 21.3. The Morgan fingerprint density at radius 3 is 2.67 bits per heavy atom. The van der Waals surface area contributed by atoms with E-state index in [0.29, 0.717) is 12.8 Å². The number of rotatable bonds is 6. The van der Waals surface area contributed by atoms with Gasteiger partial charge in [-0.2, -0.15) is 0 Å². The van der Waals surface area contributed by atoms with Crippen LogP contribution in [0.5, 0.6) is 5.75 Å². The quantitative estimate of drug-likeness (QED) is 0.618. The highest BCUT2D eigenvalue weighted by Crippen LogP contribution is 2.41. The number of benzene rings is 1. The van der Waals surface area contributed by atoms with E-state index in [-0.39, 0.29) is 17.9 Å². The van der Waals surface area contributed by atoms with E-state index in [1.807, 2.05) is 0 Å². The van der Waals surface area contributed by atoms with E-state index in [1.54, 1.807) is 0 Å². The first-order chi connectivity index (χ1) is 9.87. The van der Waals surface area contributed by atoms with Crippen LogP contribution >= 0.6 is 0 Å². The number of nitro groups is 1. The van der Waals surface area contributed by atoms with Gasteiger partial charge in [-0.05, 0) is 19.3 Å². The number of carboxylic acid groups (broad SMARTS) is 1. The number of aliphatic carboxylic acids is 1. The molecule has 2 N–H and O–H groups in total. The molecule has 2 rings (SSSR count). The number of ether oxygens (including phenoxy) is 1. The number of nitro benzene ring substituents is 1. The van der Waals surface area contributed by atoms with E-state index in [1.165, 1.54) is 13.2 Å². The molecular weight excluding hydrogens is 283 g/mol. The van der Waals surface area contributed by atoms with Gasteiger partial charge in [0.15, 0.2) is 11.6 Å². The largest absolute Gasteiger partial charge is 0.494 e. The highest BCUT2D eigenvalue weighted by molar-refractivity contribution is 5.72. The van der Waals surface area contributed by atoms with Crippen molar-refractivity contribution in [2.75, 3.05) is 12.4 Å². The molecule has 21 heavy (non-hydrogen) atoms. The first kappa shape index (κ1) is 15.0. The molecule has 0 unspecified atom stereocenters. The van der Waals surface area contributed by atoms with Gasteiger partial charge >= 0.3 is 5.97 Å². The number of halogens is 1. The molecule has 8 heteroatoms. The molecular formula is C13H15FN2O5. The standard InChI is InChI=1S/C13H15FN2O5/c1-21-11-6-9(10(16(19)20)5-8(11)14)15-13(3-2-4-13)7-12(17)18/h5-6,15H,2-4,7H2,1H3,(H,17,18). The Hall–Kier alpha value is -2.38. The van der Waals surface area contributed by atoms with Crippen molar-refractivity contribution in [3.8, 4) is 5.75 Å². The van der Waals surface area contributed by atoms with Gasteiger partial charge in [-0.1, -0.05) is 0 Å². The topological polar surface area (TPSA) is 102 Å². The van der Waals surface area contributed by atoms with Crippen LogP contribution in [0.4, 0.5) is 15.8 Å². The molecule has 0 aromatic heterocycles. The van der Waals surface area contributed by atoms with Crippen LogP contribution in [-0.4, -0.2) is 28.6 Å². The zero-order valence-electron chi connectivity index (χ0n) is 11.4. The lowest BCUT2D eigenvalue weighted by Crippen LogP contribution is -2.46. The SMILES string of the molecule is COc1cc(NC2(CC(=O)O)CCC2)c([N+](=O)[O-])cc1F. The molecule has 0 radical (unpaired) electrons. The number of carbonyl (C=O) groups is 1. The zero-order valence-corrected chi connectivity index (χ0v) is 11.4. The summed E-state index contributed by atoms with van der Waals surface area (Å²) >= 11 is 0. The third-order valence-electron chi connectivity index (χ3n) is 3.67. The van der Waals surface area contributed by atoms with Crippen LogP contribution in [0.1, 0.15) is 25.7 Å². The van der Waals surface area contributed by atoms with Crippen molar-refractivity contribution in [2.45, 2.75) is 31.2 Å². The number of nitrogens with one attached hydrogen (secondary N) is 1. The Bertz CT molecular complexity index is 586. The maximum absolute atomic E-state index is 13.6. The Morgan fingerprint density at radius 1 is 1.57 bits per heavy atom. The van der Waals surface area contributed by atoms with Crippen LogP contribution in [0.2, 0.25) is 0 Å². The molecule has 0 amide bonds. The van der Waals surface area contributed by atoms with Crippen LogP contribution < -0.4 is 10.1 Å². The third-order valence-corrected chi connectivity index (χ3v) is 3.67. The van der Waals surface area contributed by atoms with Gasteiger partial charge in [0.05, 0.1) is 24.5 Å². The van der Waals surface area contributed by atoms with Gasteiger partial charge in [0.25, 0.3) is 5.69 Å². The summed E-state index contributed by atoms with van der Waals surface area (Å²) in [5.74, 6) is -1.96. The maximum Gasteiger partial charge on any atom is 0.305 e. The molecule has 114 valence electrons. The number of methoxy groups -OCH3 is 1. The smallest absolute Gasteiger partial charge is 0.305 e. The summed E-state index contributed by atoms with van der Waals surface area (Å²) < 4.78 is 18.4.